The Morgan fingerprint density at radius 2 is 1.68 bits per heavy atom. The number of nitrogens with zero attached hydrogens (tertiary/aromatic N) is 2. The number of hydrogen-bond donors (Lipinski definition) is 0. The predicted molar refractivity (Wildman–Crippen MR) is 141 cm³/mol. The van der Waals surface area contributed by atoms with Crippen molar-refractivity contribution in [3.05, 3.63) is 104 Å². The smallest absolute Gasteiger partial charge is 0.293 e. The summed E-state index contributed by atoms with van der Waals surface area (Å²) in [6.07, 6.45) is 1.80. The zero-order chi connectivity index (χ0) is 24.0. The number of aryl methyl sites for hydroxylation is 1. The van der Waals surface area contributed by atoms with Gasteiger partial charge in [0.05, 0.1) is 11.4 Å². The number of imide groups is 1. The van der Waals surface area contributed by atoms with E-state index in [0.29, 0.717) is 20.5 Å². The molecule has 1 fully saturated rings. The van der Waals surface area contributed by atoms with E-state index in [1.54, 1.807) is 24.3 Å². The highest BCUT2D eigenvalue weighted by Gasteiger charge is 2.35. The zero-order valence-electron chi connectivity index (χ0n) is 18.5. The molecule has 0 N–H and O–H groups in total. The molecule has 2 heterocycles. The largest absolute Gasteiger partial charge is 0.318 e. The van der Waals surface area contributed by atoms with Crippen LogP contribution in [0.4, 0.5) is 4.79 Å². The maximum atomic E-state index is 13.1. The minimum Gasteiger partial charge on any atom is -0.318 e. The number of amides is 2. The average Bonchev–Trinajstić information content (AvgIpc) is 3.24. The first-order chi connectivity index (χ1) is 16.3. The molecule has 34 heavy (non-hydrogen) atoms. The van der Waals surface area contributed by atoms with Gasteiger partial charge >= 0.3 is 0 Å². The fourth-order valence-corrected chi connectivity index (χ4v) is 5.54. The molecule has 0 atom stereocenters. The first-order valence-electron chi connectivity index (χ1n) is 10.7. The molecular weight excluding hydrogens is 487 g/mol. The van der Waals surface area contributed by atoms with E-state index in [4.69, 9.17) is 23.2 Å². The van der Waals surface area contributed by atoms with Gasteiger partial charge in [0, 0.05) is 27.1 Å². The van der Waals surface area contributed by atoms with Crippen LogP contribution in [-0.4, -0.2) is 20.6 Å². The average molecular weight is 507 g/mol. The van der Waals surface area contributed by atoms with Crippen LogP contribution in [0, 0.1) is 13.8 Å². The standard InChI is InChI=1S/C27H20Cl2N2O2S/c1-16-11-21(17(2)31(16)23-10-8-18-5-3-4-6-19(18)12-23)13-25-26(32)30(27(33)34-25)15-20-7-9-22(28)14-24(20)29/h3-14H,15H2,1-2H3/b25-13-. The van der Waals surface area contributed by atoms with Gasteiger partial charge in [-0.3, -0.25) is 14.5 Å². The van der Waals surface area contributed by atoms with Crippen LogP contribution >= 0.6 is 35.0 Å². The molecule has 1 aliphatic heterocycles. The van der Waals surface area contributed by atoms with E-state index in [0.717, 1.165) is 39.8 Å². The highest BCUT2D eigenvalue weighted by Crippen LogP contribution is 2.36. The van der Waals surface area contributed by atoms with Crippen molar-refractivity contribution in [3.8, 4) is 5.69 Å². The summed E-state index contributed by atoms with van der Waals surface area (Å²) in [5.41, 5.74) is 4.68. The van der Waals surface area contributed by atoms with Gasteiger partial charge in [-0.1, -0.05) is 59.6 Å². The third kappa shape index (κ3) is 4.16. The molecule has 3 aromatic carbocycles. The molecule has 5 rings (SSSR count). The molecule has 0 spiro atoms. The molecule has 0 saturated carbocycles. The Labute approximate surface area is 211 Å². The van der Waals surface area contributed by atoms with Gasteiger partial charge in [0.1, 0.15) is 0 Å². The third-order valence-corrected chi connectivity index (χ3v) is 7.46. The number of halogens is 2. The van der Waals surface area contributed by atoms with Crippen molar-refractivity contribution < 1.29 is 9.59 Å². The topological polar surface area (TPSA) is 42.3 Å². The summed E-state index contributed by atoms with van der Waals surface area (Å²) < 4.78 is 2.16. The number of fused-ring (bicyclic) bond motifs is 1. The van der Waals surface area contributed by atoms with E-state index < -0.39 is 0 Å². The molecule has 0 aliphatic carbocycles. The summed E-state index contributed by atoms with van der Waals surface area (Å²) in [5, 5.41) is 2.96. The lowest BCUT2D eigenvalue weighted by Crippen LogP contribution is -2.27. The van der Waals surface area contributed by atoms with Gasteiger partial charge in [-0.25, -0.2) is 0 Å². The maximum absolute atomic E-state index is 13.1. The SMILES string of the molecule is Cc1cc(/C=C2\SC(=O)N(Cc3ccc(Cl)cc3Cl)C2=O)c(C)n1-c1ccc2ccccc2c1. The molecule has 4 aromatic rings. The van der Waals surface area contributed by atoms with Crippen LogP contribution in [0.1, 0.15) is 22.5 Å². The monoisotopic (exact) mass is 506 g/mol. The van der Waals surface area contributed by atoms with Gasteiger partial charge < -0.3 is 4.57 Å². The Bertz CT molecular complexity index is 1510. The molecule has 1 saturated heterocycles. The molecule has 7 heteroatoms. The van der Waals surface area contributed by atoms with Crippen molar-refractivity contribution in [2.75, 3.05) is 0 Å². The Kier molecular flexibility index (Phi) is 6.02. The molecule has 2 amide bonds. The zero-order valence-corrected chi connectivity index (χ0v) is 20.8. The molecule has 4 nitrogen and oxygen atoms in total. The minimum atomic E-state index is -0.323. The Morgan fingerprint density at radius 1 is 0.912 bits per heavy atom. The van der Waals surface area contributed by atoms with Crippen LogP contribution in [-0.2, 0) is 11.3 Å². The highest BCUT2D eigenvalue weighted by molar-refractivity contribution is 8.18. The fourth-order valence-electron chi connectivity index (χ4n) is 4.24. The van der Waals surface area contributed by atoms with Crippen LogP contribution in [0.2, 0.25) is 10.0 Å². The normalized spacial score (nSPS) is 15.2. The van der Waals surface area contributed by atoms with Crippen LogP contribution < -0.4 is 0 Å². The molecule has 0 radical (unpaired) electrons. The number of benzene rings is 3. The van der Waals surface area contributed by atoms with Crippen molar-refractivity contribution in [3.63, 3.8) is 0 Å². The fraction of sp³-hybridized carbons (Fsp3) is 0.111. The van der Waals surface area contributed by atoms with E-state index in [9.17, 15) is 9.59 Å². The van der Waals surface area contributed by atoms with Gasteiger partial charge in [-0.05, 0) is 83.9 Å². The first-order valence-corrected chi connectivity index (χ1v) is 12.3. The number of rotatable bonds is 4. The second-order valence-corrected chi connectivity index (χ2v) is 10.0. The van der Waals surface area contributed by atoms with Crippen LogP contribution in [0.15, 0.2) is 71.6 Å². The lowest BCUT2D eigenvalue weighted by Gasteiger charge is -2.13. The highest BCUT2D eigenvalue weighted by atomic mass is 35.5. The summed E-state index contributed by atoms with van der Waals surface area (Å²) >= 11 is 13.2. The van der Waals surface area contributed by atoms with E-state index >= 15 is 0 Å². The van der Waals surface area contributed by atoms with Gasteiger partial charge in [-0.2, -0.15) is 0 Å². The number of hydrogen-bond acceptors (Lipinski definition) is 3. The molecule has 0 bridgehead atoms. The van der Waals surface area contributed by atoms with Crippen LogP contribution in [0.5, 0.6) is 0 Å². The maximum Gasteiger partial charge on any atom is 0.293 e. The summed E-state index contributed by atoms with van der Waals surface area (Å²) in [5.74, 6) is -0.323. The Morgan fingerprint density at radius 3 is 2.44 bits per heavy atom. The quantitative estimate of drug-likeness (QED) is 0.265. The van der Waals surface area contributed by atoms with Gasteiger partial charge in [-0.15, -0.1) is 0 Å². The summed E-state index contributed by atoms with van der Waals surface area (Å²) in [4.78, 5) is 27.3. The lowest BCUT2D eigenvalue weighted by atomic mass is 10.1. The van der Waals surface area contributed by atoms with E-state index in [-0.39, 0.29) is 17.7 Å². The van der Waals surface area contributed by atoms with Crippen LogP contribution in [0.25, 0.3) is 22.5 Å². The van der Waals surface area contributed by atoms with Crippen molar-refractivity contribution in [1.29, 1.82) is 0 Å². The Balaban J connectivity index is 1.45. The summed E-state index contributed by atoms with van der Waals surface area (Å²) in [7, 11) is 0. The lowest BCUT2D eigenvalue weighted by molar-refractivity contribution is -0.123. The first kappa shape index (κ1) is 22.8. The molecule has 1 aliphatic rings. The number of carbonyl (C=O) groups is 2. The molecule has 170 valence electrons. The number of carbonyl (C=O) groups excluding carboxylic acids is 2. The van der Waals surface area contributed by atoms with Gasteiger partial charge in [0.25, 0.3) is 11.1 Å². The van der Waals surface area contributed by atoms with Crippen molar-refractivity contribution in [2.24, 2.45) is 0 Å². The summed E-state index contributed by atoms with van der Waals surface area (Å²) in [6, 6.07) is 21.7. The molecule has 1 aromatic heterocycles. The Hall–Kier alpha value is -2.99. The van der Waals surface area contributed by atoms with E-state index in [1.807, 2.05) is 32.0 Å². The molecule has 0 unspecified atom stereocenters. The molecular formula is C27H20Cl2N2O2S. The van der Waals surface area contributed by atoms with E-state index in [2.05, 4.69) is 34.9 Å². The summed E-state index contributed by atoms with van der Waals surface area (Å²) in [6.45, 7) is 4.16. The van der Waals surface area contributed by atoms with E-state index in [1.165, 1.54) is 10.3 Å². The van der Waals surface area contributed by atoms with Gasteiger partial charge in [0.15, 0.2) is 0 Å². The van der Waals surface area contributed by atoms with Crippen molar-refractivity contribution in [1.82, 2.24) is 9.47 Å². The second kappa shape index (κ2) is 8.99. The minimum absolute atomic E-state index is 0.105. The van der Waals surface area contributed by atoms with Crippen molar-refractivity contribution >= 4 is 63.0 Å². The van der Waals surface area contributed by atoms with Crippen LogP contribution in [0.3, 0.4) is 0 Å². The van der Waals surface area contributed by atoms with Gasteiger partial charge in [0.2, 0.25) is 0 Å². The number of thioether (sulfide) groups is 1. The third-order valence-electron chi connectivity index (χ3n) is 5.97. The predicted octanol–water partition coefficient (Wildman–Crippen LogP) is 7.79. The second-order valence-electron chi connectivity index (χ2n) is 8.20. The van der Waals surface area contributed by atoms with Crippen molar-refractivity contribution in [2.45, 2.75) is 20.4 Å². The number of aromatic nitrogens is 1.